The molecule has 0 radical (unpaired) electrons. The van der Waals surface area contributed by atoms with Gasteiger partial charge in [-0.3, -0.25) is 4.79 Å². The minimum atomic E-state index is -0.999. The van der Waals surface area contributed by atoms with Gasteiger partial charge in [0.15, 0.2) is 0 Å². The number of aliphatic carboxylic acids is 1. The lowest BCUT2D eigenvalue weighted by Crippen LogP contribution is -2.44. The van der Waals surface area contributed by atoms with Gasteiger partial charge >= 0.3 is 5.97 Å². The van der Waals surface area contributed by atoms with Crippen LogP contribution in [-0.2, 0) is 16.0 Å². The van der Waals surface area contributed by atoms with Crippen LogP contribution >= 0.6 is 27.3 Å². The van der Waals surface area contributed by atoms with Crippen LogP contribution in [-0.4, -0.2) is 23.0 Å². The Morgan fingerprint density at radius 2 is 2.12 bits per heavy atom. The fourth-order valence-electron chi connectivity index (χ4n) is 1.34. The Morgan fingerprint density at radius 1 is 1.47 bits per heavy atom. The van der Waals surface area contributed by atoms with Gasteiger partial charge in [-0.15, -0.1) is 11.3 Å². The number of thiophene rings is 1. The van der Waals surface area contributed by atoms with Crippen molar-refractivity contribution in [2.75, 3.05) is 0 Å². The second-order valence-electron chi connectivity index (χ2n) is 4.01. The van der Waals surface area contributed by atoms with Gasteiger partial charge in [0.2, 0.25) is 5.91 Å². The molecule has 0 aromatic carbocycles. The Kier molecular flexibility index (Phi) is 5.14. The summed E-state index contributed by atoms with van der Waals surface area (Å²) in [6.45, 7) is 3.53. The number of hydrogen-bond donors (Lipinski definition) is 2. The van der Waals surface area contributed by atoms with Crippen molar-refractivity contribution in [3.8, 4) is 0 Å². The van der Waals surface area contributed by atoms with E-state index in [0.717, 1.165) is 8.66 Å². The summed E-state index contributed by atoms with van der Waals surface area (Å²) in [5.41, 5.74) is 0. The van der Waals surface area contributed by atoms with Gasteiger partial charge in [-0.05, 0) is 34.0 Å². The Bertz CT molecular complexity index is 417. The van der Waals surface area contributed by atoms with Crippen molar-refractivity contribution in [1.29, 1.82) is 0 Å². The molecule has 0 spiro atoms. The van der Waals surface area contributed by atoms with E-state index in [-0.39, 0.29) is 18.2 Å². The highest BCUT2D eigenvalue weighted by Gasteiger charge is 2.23. The van der Waals surface area contributed by atoms with E-state index in [0.29, 0.717) is 0 Å². The molecule has 1 amide bonds. The highest BCUT2D eigenvalue weighted by Crippen LogP contribution is 2.22. The van der Waals surface area contributed by atoms with Crippen LogP contribution in [0.1, 0.15) is 18.7 Å². The summed E-state index contributed by atoms with van der Waals surface area (Å²) in [6.07, 6.45) is 0.215. The normalized spacial score (nSPS) is 12.5. The van der Waals surface area contributed by atoms with Gasteiger partial charge in [-0.2, -0.15) is 0 Å². The van der Waals surface area contributed by atoms with Gasteiger partial charge < -0.3 is 10.4 Å². The average Bonchev–Trinajstić information content (AvgIpc) is 2.59. The van der Waals surface area contributed by atoms with Crippen LogP contribution in [0.15, 0.2) is 15.9 Å². The first-order valence-electron chi connectivity index (χ1n) is 5.16. The van der Waals surface area contributed by atoms with Crippen LogP contribution < -0.4 is 5.32 Å². The number of halogens is 1. The van der Waals surface area contributed by atoms with Crippen molar-refractivity contribution < 1.29 is 14.7 Å². The molecule has 1 heterocycles. The molecule has 17 heavy (non-hydrogen) atoms. The Hall–Kier alpha value is -0.880. The van der Waals surface area contributed by atoms with Gasteiger partial charge in [-0.1, -0.05) is 13.8 Å². The molecule has 94 valence electrons. The number of rotatable bonds is 5. The van der Waals surface area contributed by atoms with Crippen molar-refractivity contribution >= 4 is 39.1 Å². The van der Waals surface area contributed by atoms with Crippen molar-refractivity contribution in [1.82, 2.24) is 5.32 Å². The van der Waals surface area contributed by atoms with E-state index in [9.17, 15) is 9.59 Å². The highest BCUT2D eigenvalue weighted by atomic mass is 79.9. The van der Waals surface area contributed by atoms with Crippen LogP contribution in [0.4, 0.5) is 0 Å². The molecule has 1 unspecified atom stereocenters. The molecular formula is C11H14BrNO3S. The van der Waals surface area contributed by atoms with Crippen LogP contribution in [0, 0.1) is 5.92 Å². The molecule has 1 aromatic rings. The van der Waals surface area contributed by atoms with E-state index in [1.54, 1.807) is 13.8 Å². The number of hydrogen-bond acceptors (Lipinski definition) is 3. The second kappa shape index (κ2) is 6.16. The zero-order valence-corrected chi connectivity index (χ0v) is 12.0. The quantitative estimate of drug-likeness (QED) is 0.875. The van der Waals surface area contributed by atoms with Crippen LogP contribution in [0.25, 0.3) is 0 Å². The summed E-state index contributed by atoms with van der Waals surface area (Å²) < 4.78 is 0.957. The summed E-state index contributed by atoms with van der Waals surface area (Å²) in [7, 11) is 0. The molecule has 0 fully saturated rings. The standard InChI is InChI=1S/C11H14BrNO3S/c1-6(2)10(11(15)16)13-9(14)5-7-3-4-8(12)17-7/h3-4,6,10H,5H2,1-2H3,(H,13,14)(H,15,16). The van der Waals surface area contributed by atoms with Crippen LogP contribution in [0.2, 0.25) is 0 Å². The molecular weight excluding hydrogens is 306 g/mol. The van der Waals surface area contributed by atoms with Gasteiger partial charge in [0, 0.05) is 4.88 Å². The summed E-state index contributed by atoms with van der Waals surface area (Å²) >= 11 is 4.78. The lowest BCUT2D eigenvalue weighted by atomic mass is 10.0. The average molecular weight is 320 g/mol. The molecule has 0 aliphatic heterocycles. The predicted molar refractivity (Wildman–Crippen MR) is 70.1 cm³/mol. The first kappa shape index (κ1) is 14.2. The van der Waals surface area contributed by atoms with Crippen molar-refractivity contribution in [3.63, 3.8) is 0 Å². The van der Waals surface area contributed by atoms with E-state index in [1.165, 1.54) is 11.3 Å². The number of carbonyl (C=O) groups excluding carboxylic acids is 1. The molecule has 1 atom stereocenters. The third-order valence-corrected chi connectivity index (χ3v) is 3.84. The van der Waals surface area contributed by atoms with Crippen LogP contribution in [0.5, 0.6) is 0 Å². The minimum absolute atomic E-state index is 0.133. The fraction of sp³-hybridized carbons (Fsp3) is 0.455. The number of amides is 1. The minimum Gasteiger partial charge on any atom is -0.480 e. The summed E-state index contributed by atoms with van der Waals surface area (Å²) in [5.74, 6) is -1.40. The molecule has 0 saturated heterocycles. The zero-order chi connectivity index (χ0) is 13.0. The SMILES string of the molecule is CC(C)C(NC(=O)Cc1ccc(Br)s1)C(=O)O. The van der Waals surface area contributed by atoms with E-state index in [2.05, 4.69) is 21.2 Å². The highest BCUT2D eigenvalue weighted by molar-refractivity contribution is 9.11. The first-order chi connectivity index (χ1) is 7.90. The monoisotopic (exact) mass is 319 g/mol. The maximum Gasteiger partial charge on any atom is 0.326 e. The Morgan fingerprint density at radius 3 is 2.53 bits per heavy atom. The number of carboxylic acid groups (broad SMARTS) is 1. The summed E-state index contributed by atoms with van der Waals surface area (Å²) in [6, 6.07) is 2.88. The van der Waals surface area contributed by atoms with Crippen molar-refractivity contribution in [3.05, 3.63) is 20.8 Å². The second-order valence-corrected chi connectivity index (χ2v) is 6.56. The first-order valence-corrected chi connectivity index (χ1v) is 6.77. The molecule has 4 nitrogen and oxygen atoms in total. The molecule has 0 saturated carbocycles. The van der Waals surface area contributed by atoms with Gasteiger partial charge in [-0.25, -0.2) is 4.79 Å². The largest absolute Gasteiger partial charge is 0.480 e. The van der Waals surface area contributed by atoms with Crippen molar-refractivity contribution in [2.45, 2.75) is 26.3 Å². The van der Waals surface area contributed by atoms with E-state index < -0.39 is 12.0 Å². The number of carbonyl (C=O) groups is 2. The van der Waals surface area contributed by atoms with E-state index in [4.69, 9.17) is 5.11 Å². The molecule has 6 heteroatoms. The molecule has 1 rings (SSSR count). The van der Waals surface area contributed by atoms with Gasteiger partial charge in [0.1, 0.15) is 6.04 Å². The molecule has 2 N–H and O–H groups in total. The summed E-state index contributed by atoms with van der Waals surface area (Å²) in [4.78, 5) is 23.5. The molecule has 0 aliphatic carbocycles. The van der Waals surface area contributed by atoms with E-state index in [1.807, 2.05) is 12.1 Å². The Labute approximate surface area is 112 Å². The summed E-state index contributed by atoms with van der Waals surface area (Å²) in [5, 5.41) is 11.5. The van der Waals surface area contributed by atoms with Gasteiger partial charge in [0.25, 0.3) is 0 Å². The van der Waals surface area contributed by atoms with Gasteiger partial charge in [0.05, 0.1) is 10.2 Å². The number of carboxylic acids is 1. The molecule has 0 aliphatic rings. The van der Waals surface area contributed by atoms with E-state index >= 15 is 0 Å². The zero-order valence-electron chi connectivity index (χ0n) is 9.57. The Balaban J connectivity index is 2.56. The van der Waals surface area contributed by atoms with Crippen LogP contribution in [0.3, 0.4) is 0 Å². The lowest BCUT2D eigenvalue weighted by molar-refractivity contribution is -0.143. The third kappa shape index (κ3) is 4.47. The smallest absolute Gasteiger partial charge is 0.326 e. The maximum atomic E-state index is 11.7. The lowest BCUT2D eigenvalue weighted by Gasteiger charge is -2.17. The predicted octanol–water partition coefficient (Wildman–Crippen LogP) is 2.28. The topological polar surface area (TPSA) is 66.4 Å². The van der Waals surface area contributed by atoms with Crippen molar-refractivity contribution in [2.24, 2.45) is 5.92 Å². The third-order valence-electron chi connectivity index (χ3n) is 2.21. The fourth-order valence-corrected chi connectivity index (χ4v) is 2.82. The molecule has 0 bridgehead atoms. The number of nitrogens with one attached hydrogen (secondary N) is 1. The maximum absolute atomic E-state index is 11.7. The molecule has 1 aromatic heterocycles.